The van der Waals surface area contributed by atoms with Gasteiger partial charge in [-0.15, -0.1) is 0 Å². The van der Waals surface area contributed by atoms with Crippen molar-refractivity contribution in [2.75, 3.05) is 17.2 Å². The van der Waals surface area contributed by atoms with Gasteiger partial charge in [-0.25, -0.2) is 0 Å². The highest BCUT2D eigenvalue weighted by atomic mass is 16.2. The lowest BCUT2D eigenvalue weighted by Gasteiger charge is -2.35. The topological polar surface area (TPSA) is 84.2 Å². The van der Waals surface area contributed by atoms with Gasteiger partial charge in [-0.2, -0.15) is 0 Å². The van der Waals surface area contributed by atoms with Crippen LogP contribution in [0.2, 0.25) is 0 Å². The lowest BCUT2D eigenvalue weighted by atomic mass is 9.71. The second-order valence-corrected chi connectivity index (χ2v) is 7.26. The number of carbonyl (C=O) groups is 2. The average molecular weight is 329 g/mol. The normalized spacial score (nSPS) is 19.8. The first-order valence-corrected chi connectivity index (χ1v) is 9.03. The van der Waals surface area contributed by atoms with Gasteiger partial charge in [0.1, 0.15) is 0 Å². The summed E-state index contributed by atoms with van der Waals surface area (Å²) in [4.78, 5) is 24.1. The predicted octanol–water partition coefficient (Wildman–Crippen LogP) is 3.20. The van der Waals surface area contributed by atoms with Gasteiger partial charge in [-0.05, 0) is 61.4 Å². The molecule has 5 nitrogen and oxygen atoms in total. The fourth-order valence-electron chi connectivity index (χ4n) is 3.95. The third kappa shape index (κ3) is 3.96. The molecule has 0 bridgehead atoms. The van der Waals surface area contributed by atoms with Crippen LogP contribution in [0.25, 0.3) is 0 Å². The van der Waals surface area contributed by atoms with Crippen LogP contribution in [-0.2, 0) is 16.0 Å². The molecule has 0 atom stereocenters. The molecule has 0 saturated heterocycles. The lowest BCUT2D eigenvalue weighted by molar-refractivity contribution is -0.119. The van der Waals surface area contributed by atoms with Gasteiger partial charge in [0.05, 0.1) is 0 Å². The number of carbonyl (C=O) groups excluding carboxylic acids is 2. The molecule has 1 fully saturated rings. The Morgan fingerprint density at radius 3 is 2.71 bits per heavy atom. The SMILES string of the molecule is NCC1(CC(=O)Nc2ccc3c(c2)CCCC(=O)N3)CCCCC1. The minimum atomic E-state index is -0.0258. The standard InChI is InChI=1S/C19H27N3O2/c20-13-19(9-2-1-3-10-19)12-18(24)21-15-7-8-16-14(11-15)5-4-6-17(23)22-16/h7-8,11H,1-6,9-10,12-13,20H2,(H,21,24)(H,22,23). The minimum absolute atomic E-state index is 0.0258. The summed E-state index contributed by atoms with van der Waals surface area (Å²) >= 11 is 0. The summed E-state index contributed by atoms with van der Waals surface area (Å²) in [6, 6.07) is 5.72. The van der Waals surface area contributed by atoms with E-state index in [9.17, 15) is 9.59 Å². The van der Waals surface area contributed by atoms with E-state index in [4.69, 9.17) is 5.73 Å². The molecule has 24 heavy (non-hydrogen) atoms. The van der Waals surface area contributed by atoms with Crippen LogP contribution >= 0.6 is 0 Å². The highest BCUT2D eigenvalue weighted by Crippen LogP contribution is 2.38. The summed E-state index contributed by atoms with van der Waals surface area (Å²) < 4.78 is 0. The van der Waals surface area contributed by atoms with Crippen molar-refractivity contribution in [3.63, 3.8) is 0 Å². The predicted molar refractivity (Wildman–Crippen MR) is 95.8 cm³/mol. The Bertz CT molecular complexity index is 621. The van der Waals surface area contributed by atoms with E-state index in [0.29, 0.717) is 19.4 Å². The van der Waals surface area contributed by atoms with Gasteiger partial charge < -0.3 is 16.4 Å². The van der Waals surface area contributed by atoms with Gasteiger partial charge in [-0.3, -0.25) is 9.59 Å². The van der Waals surface area contributed by atoms with Gasteiger partial charge in [0.25, 0.3) is 0 Å². The Morgan fingerprint density at radius 1 is 1.17 bits per heavy atom. The van der Waals surface area contributed by atoms with Gasteiger partial charge >= 0.3 is 0 Å². The van der Waals surface area contributed by atoms with Crippen molar-refractivity contribution in [1.29, 1.82) is 0 Å². The summed E-state index contributed by atoms with van der Waals surface area (Å²) in [5.41, 5.74) is 8.71. The van der Waals surface area contributed by atoms with Gasteiger partial charge in [0, 0.05) is 24.2 Å². The van der Waals surface area contributed by atoms with Crippen LogP contribution in [0.5, 0.6) is 0 Å². The largest absolute Gasteiger partial charge is 0.330 e. The molecule has 130 valence electrons. The number of fused-ring (bicyclic) bond motifs is 1. The Hall–Kier alpha value is -1.88. The van der Waals surface area contributed by atoms with E-state index >= 15 is 0 Å². The Morgan fingerprint density at radius 2 is 1.96 bits per heavy atom. The first kappa shape index (κ1) is 17.0. The first-order valence-electron chi connectivity index (χ1n) is 9.03. The van der Waals surface area contributed by atoms with E-state index in [-0.39, 0.29) is 17.2 Å². The van der Waals surface area contributed by atoms with Crippen LogP contribution in [0, 0.1) is 5.41 Å². The summed E-state index contributed by atoms with van der Waals surface area (Å²) in [5.74, 6) is 0.104. The van der Waals surface area contributed by atoms with Crippen LogP contribution in [-0.4, -0.2) is 18.4 Å². The van der Waals surface area contributed by atoms with Gasteiger partial charge in [0.15, 0.2) is 0 Å². The number of hydrogen-bond donors (Lipinski definition) is 3. The highest BCUT2D eigenvalue weighted by molar-refractivity contribution is 5.94. The van der Waals surface area contributed by atoms with Crippen molar-refractivity contribution in [3.8, 4) is 0 Å². The summed E-state index contributed by atoms with van der Waals surface area (Å²) in [7, 11) is 0. The molecule has 1 heterocycles. The maximum atomic E-state index is 12.5. The molecule has 0 spiro atoms. The molecule has 2 amide bonds. The second kappa shape index (κ2) is 7.34. The molecule has 1 aromatic rings. The number of aryl methyl sites for hydroxylation is 1. The molecule has 0 unspecified atom stereocenters. The van der Waals surface area contributed by atoms with Crippen LogP contribution in [0.1, 0.15) is 56.9 Å². The minimum Gasteiger partial charge on any atom is -0.330 e. The Kier molecular flexibility index (Phi) is 5.19. The zero-order valence-electron chi connectivity index (χ0n) is 14.2. The van der Waals surface area contributed by atoms with Gasteiger partial charge in [-0.1, -0.05) is 19.3 Å². The smallest absolute Gasteiger partial charge is 0.224 e. The summed E-state index contributed by atoms with van der Waals surface area (Å²) in [6.45, 7) is 0.580. The first-order chi connectivity index (χ1) is 11.6. The number of nitrogens with one attached hydrogen (secondary N) is 2. The molecule has 5 heteroatoms. The molecule has 3 rings (SSSR count). The maximum absolute atomic E-state index is 12.5. The number of hydrogen-bond acceptors (Lipinski definition) is 3. The van der Waals surface area contributed by atoms with E-state index in [0.717, 1.165) is 42.6 Å². The molecule has 2 aliphatic rings. The molecular formula is C19H27N3O2. The van der Waals surface area contributed by atoms with Crippen LogP contribution in [0.3, 0.4) is 0 Å². The zero-order valence-corrected chi connectivity index (χ0v) is 14.2. The van der Waals surface area contributed by atoms with E-state index in [1.165, 1.54) is 19.3 Å². The van der Waals surface area contributed by atoms with E-state index in [1.807, 2.05) is 18.2 Å². The summed E-state index contributed by atoms with van der Waals surface area (Å²) in [5, 5.41) is 5.94. The van der Waals surface area contributed by atoms with Crippen molar-refractivity contribution in [2.24, 2.45) is 11.1 Å². The third-order valence-electron chi connectivity index (χ3n) is 5.40. The van der Waals surface area contributed by atoms with Crippen LogP contribution in [0.15, 0.2) is 18.2 Å². The van der Waals surface area contributed by atoms with Crippen molar-refractivity contribution >= 4 is 23.2 Å². The van der Waals surface area contributed by atoms with Gasteiger partial charge in [0.2, 0.25) is 11.8 Å². The monoisotopic (exact) mass is 329 g/mol. The molecule has 0 aromatic heterocycles. The molecular weight excluding hydrogens is 302 g/mol. The molecule has 1 aliphatic carbocycles. The molecule has 1 saturated carbocycles. The fraction of sp³-hybridized carbons (Fsp3) is 0.579. The van der Waals surface area contributed by atoms with E-state index < -0.39 is 0 Å². The number of anilines is 2. The van der Waals surface area contributed by atoms with Crippen molar-refractivity contribution < 1.29 is 9.59 Å². The summed E-state index contributed by atoms with van der Waals surface area (Å²) in [6.07, 6.45) is 8.43. The molecule has 4 N–H and O–H groups in total. The maximum Gasteiger partial charge on any atom is 0.224 e. The number of benzene rings is 1. The van der Waals surface area contributed by atoms with E-state index in [1.54, 1.807) is 0 Å². The number of nitrogens with two attached hydrogens (primary N) is 1. The number of amides is 2. The van der Waals surface area contributed by atoms with Crippen molar-refractivity contribution in [1.82, 2.24) is 0 Å². The molecule has 0 radical (unpaired) electrons. The van der Waals surface area contributed by atoms with Crippen molar-refractivity contribution in [2.45, 2.75) is 57.8 Å². The molecule has 1 aromatic carbocycles. The average Bonchev–Trinajstić information content (AvgIpc) is 2.76. The van der Waals surface area contributed by atoms with Crippen LogP contribution < -0.4 is 16.4 Å². The third-order valence-corrected chi connectivity index (χ3v) is 5.40. The fourth-order valence-corrected chi connectivity index (χ4v) is 3.95. The van der Waals surface area contributed by atoms with Crippen LogP contribution in [0.4, 0.5) is 11.4 Å². The highest BCUT2D eigenvalue weighted by Gasteiger charge is 2.33. The zero-order chi connectivity index (χ0) is 17.0. The Balaban J connectivity index is 1.66. The number of rotatable bonds is 4. The second-order valence-electron chi connectivity index (χ2n) is 7.26. The van der Waals surface area contributed by atoms with Crippen molar-refractivity contribution in [3.05, 3.63) is 23.8 Å². The molecule has 1 aliphatic heterocycles. The van der Waals surface area contributed by atoms with E-state index in [2.05, 4.69) is 10.6 Å². The lowest BCUT2D eigenvalue weighted by Crippen LogP contribution is -2.36. The quantitative estimate of drug-likeness (QED) is 0.793. The Labute approximate surface area is 143 Å².